The molecular weight excluding hydrogens is 402 g/mol. The number of amides is 2. The Kier molecular flexibility index (Phi) is 6.09. The molecule has 4 rings (SSSR count). The number of rotatable bonds is 8. The summed E-state index contributed by atoms with van der Waals surface area (Å²) in [4.78, 5) is 25.6. The van der Waals surface area contributed by atoms with Crippen LogP contribution in [0.1, 0.15) is 21.9 Å². The van der Waals surface area contributed by atoms with Gasteiger partial charge in [-0.1, -0.05) is 18.2 Å². The van der Waals surface area contributed by atoms with Gasteiger partial charge in [-0.05, 0) is 36.4 Å². The molecule has 3 heterocycles. The van der Waals surface area contributed by atoms with E-state index in [0.717, 1.165) is 10.5 Å². The predicted octanol–water partition coefficient (Wildman–Crippen LogP) is 2.66. The molecule has 0 saturated heterocycles. The van der Waals surface area contributed by atoms with E-state index in [1.807, 2.05) is 40.9 Å². The third-order valence-corrected chi connectivity index (χ3v) is 5.40. The zero-order valence-corrected chi connectivity index (χ0v) is 16.8. The van der Waals surface area contributed by atoms with E-state index in [2.05, 4.69) is 20.8 Å². The number of aromatic nitrogens is 3. The fraction of sp³-hybridized carbons (Fsp3) is 0.143. The van der Waals surface area contributed by atoms with E-state index in [9.17, 15) is 9.59 Å². The van der Waals surface area contributed by atoms with Gasteiger partial charge in [-0.3, -0.25) is 14.0 Å². The minimum Gasteiger partial charge on any atom is -0.467 e. The number of furan rings is 1. The second kappa shape index (κ2) is 9.27. The van der Waals surface area contributed by atoms with E-state index in [-0.39, 0.29) is 24.1 Å². The molecule has 0 unspecified atom stereocenters. The molecule has 0 aliphatic carbocycles. The van der Waals surface area contributed by atoms with Crippen LogP contribution < -0.4 is 10.6 Å². The molecule has 0 aliphatic heterocycles. The number of fused-ring (bicyclic) bond motifs is 1. The van der Waals surface area contributed by atoms with Crippen molar-refractivity contribution in [2.45, 2.75) is 18.0 Å². The highest BCUT2D eigenvalue weighted by atomic mass is 32.2. The quantitative estimate of drug-likeness (QED) is 0.424. The van der Waals surface area contributed by atoms with Gasteiger partial charge >= 0.3 is 0 Å². The number of thioether (sulfide) groups is 1. The molecule has 0 atom stereocenters. The molecule has 0 radical (unpaired) electrons. The van der Waals surface area contributed by atoms with Gasteiger partial charge in [-0.2, -0.15) is 0 Å². The van der Waals surface area contributed by atoms with Gasteiger partial charge in [0.25, 0.3) is 5.91 Å². The van der Waals surface area contributed by atoms with Gasteiger partial charge in [0.05, 0.1) is 30.7 Å². The third-order valence-electron chi connectivity index (χ3n) is 4.32. The van der Waals surface area contributed by atoms with Crippen LogP contribution in [-0.4, -0.2) is 32.2 Å². The van der Waals surface area contributed by atoms with Crippen LogP contribution in [0.15, 0.2) is 76.4 Å². The highest BCUT2D eigenvalue weighted by Crippen LogP contribution is 2.22. The Balaban J connectivity index is 1.35. The minimum absolute atomic E-state index is 0.137. The molecule has 0 spiro atoms. The molecule has 4 aromatic rings. The zero-order valence-electron chi connectivity index (χ0n) is 15.9. The monoisotopic (exact) mass is 421 g/mol. The molecular formula is C21H19N5O3S. The molecule has 0 saturated carbocycles. The smallest absolute Gasteiger partial charge is 0.252 e. The average Bonchev–Trinajstić information content (AvgIpc) is 3.45. The summed E-state index contributed by atoms with van der Waals surface area (Å²) in [7, 11) is 0. The second-order valence-electron chi connectivity index (χ2n) is 6.37. The van der Waals surface area contributed by atoms with Crippen molar-refractivity contribution in [3.05, 3.63) is 84.2 Å². The van der Waals surface area contributed by atoms with Gasteiger partial charge in [-0.25, -0.2) is 0 Å². The standard InChI is InChI=1S/C21H19N5O3S/c27-20(22-12-15-6-5-11-29-15)14-30-17-8-2-1-7-16(17)21(28)23-13-19-25-24-18-9-3-4-10-26(18)19/h1-11H,12-14H2,(H,22,27)(H,23,28). The van der Waals surface area contributed by atoms with Crippen LogP contribution in [0.5, 0.6) is 0 Å². The number of carbonyl (C=O) groups is 2. The van der Waals surface area contributed by atoms with Crippen molar-refractivity contribution in [2.24, 2.45) is 0 Å². The van der Waals surface area contributed by atoms with Crippen LogP contribution in [-0.2, 0) is 17.9 Å². The van der Waals surface area contributed by atoms with Crippen molar-refractivity contribution in [1.82, 2.24) is 25.2 Å². The normalized spacial score (nSPS) is 10.8. The van der Waals surface area contributed by atoms with Crippen molar-refractivity contribution >= 4 is 29.2 Å². The van der Waals surface area contributed by atoms with Crippen LogP contribution in [0, 0.1) is 0 Å². The number of pyridine rings is 1. The fourth-order valence-electron chi connectivity index (χ4n) is 2.84. The number of nitrogens with zero attached hydrogens (tertiary/aromatic N) is 3. The summed E-state index contributed by atoms with van der Waals surface area (Å²) in [5.74, 6) is 1.15. The molecule has 3 aromatic heterocycles. The Hall–Kier alpha value is -3.59. The first-order valence-electron chi connectivity index (χ1n) is 9.28. The lowest BCUT2D eigenvalue weighted by atomic mass is 10.2. The van der Waals surface area contributed by atoms with Gasteiger partial charge in [0.2, 0.25) is 5.91 Å². The Morgan fingerprint density at radius 2 is 1.83 bits per heavy atom. The van der Waals surface area contributed by atoms with Crippen LogP contribution in [0.2, 0.25) is 0 Å². The lowest BCUT2D eigenvalue weighted by Gasteiger charge is -2.10. The first kappa shape index (κ1) is 19.7. The Morgan fingerprint density at radius 3 is 2.70 bits per heavy atom. The molecule has 152 valence electrons. The summed E-state index contributed by atoms with van der Waals surface area (Å²) in [5, 5.41) is 13.9. The number of hydrogen-bond acceptors (Lipinski definition) is 6. The fourth-order valence-corrected chi connectivity index (χ4v) is 3.72. The zero-order chi connectivity index (χ0) is 20.8. The Labute approximate surface area is 176 Å². The summed E-state index contributed by atoms with van der Waals surface area (Å²) in [6.07, 6.45) is 3.41. The van der Waals surface area contributed by atoms with Crippen molar-refractivity contribution in [3.8, 4) is 0 Å². The maximum absolute atomic E-state index is 12.7. The first-order chi connectivity index (χ1) is 14.7. The largest absolute Gasteiger partial charge is 0.467 e. The van der Waals surface area contributed by atoms with Gasteiger partial charge < -0.3 is 15.1 Å². The lowest BCUT2D eigenvalue weighted by molar-refractivity contribution is -0.118. The van der Waals surface area contributed by atoms with E-state index in [1.165, 1.54) is 11.8 Å². The summed E-state index contributed by atoms with van der Waals surface area (Å²) >= 11 is 1.31. The maximum atomic E-state index is 12.7. The van der Waals surface area contributed by atoms with E-state index < -0.39 is 0 Å². The number of nitrogens with one attached hydrogen (secondary N) is 2. The molecule has 2 N–H and O–H groups in total. The summed E-state index contributed by atoms with van der Waals surface area (Å²) in [6, 6.07) is 16.4. The van der Waals surface area contributed by atoms with Crippen molar-refractivity contribution in [3.63, 3.8) is 0 Å². The van der Waals surface area contributed by atoms with E-state index in [4.69, 9.17) is 4.42 Å². The summed E-state index contributed by atoms with van der Waals surface area (Å²) in [5.41, 5.74) is 1.23. The summed E-state index contributed by atoms with van der Waals surface area (Å²) < 4.78 is 7.02. The Bertz CT molecular complexity index is 1160. The molecule has 30 heavy (non-hydrogen) atoms. The van der Waals surface area contributed by atoms with Crippen LogP contribution >= 0.6 is 11.8 Å². The second-order valence-corrected chi connectivity index (χ2v) is 7.39. The SMILES string of the molecule is O=C(CSc1ccccc1C(=O)NCc1nnc2ccccn12)NCc1ccco1. The molecule has 0 fully saturated rings. The Morgan fingerprint density at radius 1 is 0.967 bits per heavy atom. The molecule has 2 amide bonds. The van der Waals surface area contributed by atoms with Crippen LogP contribution in [0.3, 0.4) is 0 Å². The van der Waals surface area contributed by atoms with Crippen molar-refractivity contribution in [1.29, 1.82) is 0 Å². The minimum atomic E-state index is -0.234. The lowest BCUT2D eigenvalue weighted by Crippen LogP contribution is -2.26. The van der Waals surface area contributed by atoms with Crippen molar-refractivity contribution < 1.29 is 14.0 Å². The highest BCUT2D eigenvalue weighted by molar-refractivity contribution is 8.00. The highest BCUT2D eigenvalue weighted by Gasteiger charge is 2.14. The topological polar surface area (TPSA) is 102 Å². The average molecular weight is 421 g/mol. The maximum Gasteiger partial charge on any atom is 0.252 e. The van der Waals surface area contributed by atoms with E-state index in [1.54, 1.807) is 30.5 Å². The number of carbonyl (C=O) groups excluding carboxylic acids is 2. The first-order valence-corrected chi connectivity index (χ1v) is 10.3. The molecule has 8 nitrogen and oxygen atoms in total. The van der Waals surface area contributed by atoms with E-state index in [0.29, 0.717) is 23.7 Å². The third kappa shape index (κ3) is 4.69. The van der Waals surface area contributed by atoms with Crippen LogP contribution in [0.25, 0.3) is 5.65 Å². The molecule has 0 aliphatic rings. The van der Waals surface area contributed by atoms with Gasteiger partial charge in [0, 0.05) is 11.1 Å². The molecule has 9 heteroatoms. The van der Waals surface area contributed by atoms with Gasteiger partial charge in [-0.15, -0.1) is 22.0 Å². The molecule has 0 bridgehead atoms. The van der Waals surface area contributed by atoms with Crippen molar-refractivity contribution in [2.75, 3.05) is 5.75 Å². The number of benzene rings is 1. The summed E-state index contributed by atoms with van der Waals surface area (Å²) in [6.45, 7) is 0.577. The van der Waals surface area contributed by atoms with E-state index >= 15 is 0 Å². The van der Waals surface area contributed by atoms with Gasteiger partial charge in [0.1, 0.15) is 5.76 Å². The predicted molar refractivity (Wildman–Crippen MR) is 112 cm³/mol. The van der Waals surface area contributed by atoms with Gasteiger partial charge in [0.15, 0.2) is 11.5 Å². The molecule has 1 aromatic carbocycles. The number of hydrogen-bond donors (Lipinski definition) is 2. The van der Waals surface area contributed by atoms with Crippen LogP contribution in [0.4, 0.5) is 0 Å².